The minimum atomic E-state index is 0.926. The number of fused-ring (bicyclic) bond motifs is 3. The summed E-state index contributed by atoms with van der Waals surface area (Å²) in [6.45, 7) is 3.65. The van der Waals surface area contributed by atoms with Crippen LogP contribution in [0.4, 0.5) is 0 Å². The Balaban J connectivity index is 2.14. The van der Waals surface area contributed by atoms with Gasteiger partial charge in [-0.05, 0) is 24.0 Å². The lowest BCUT2D eigenvalue weighted by molar-refractivity contribution is 0.611. The van der Waals surface area contributed by atoms with E-state index in [9.17, 15) is 0 Å². The predicted octanol–water partition coefficient (Wildman–Crippen LogP) is 1.85. The fourth-order valence-corrected chi connectivity index (χ4v) is 2.44. The van der Waals surface area contributed by atoms with Gasteiger partial charge < -0.3 is 4.57 Å². The van der Waals surface area contributed by atoms with E-state index >= 15 is 0 Å². The van der Waals surface area contributed by atoms with Crippen LogP contribution >= 0.6 is 0 Å². The molecule has 1 aromatic heterocycles. The molecule has 2 aliphatic rings. The van der Waals surface area contributed by atoms with E-state index in [0.717, 1.165) is 17.8 Å². The molecular formula is C9H11N. The average Bonchev–Trinajstić information content (AvgIpc) is 2.27. The van der Waals surface area contributed by atoms with E-state index in [0.29, 0.717) is 0 Å². The molecule has 1 heteroatoms. The predicted molar refractivity (Wildman–Crippen MR) is 39.8 cm³/mol. The van der Waals surface area contributed by atoms with Crippen molar-refractivity contribution in [2.75, 3.05) is 0 Å². The molecule has 1 aromatic rings. The fraction of sp³-hybridized carbons (Fsp3) is 0.556. The molecule has 2 heterocycles. The normalized spacial score (nSPS) is 41.1. The first kappa shape index (κ1) is 5.00. The second-order valence-corrected chi connectivity index (χ2v) is 3.63. The van der Waals surface area contributed by atoms with Gasteiger partial charge >= 0.3 is 0 Å². The Morgan fingerprint density at radius 2 is 2.50 bits per heavy atom. The molecule has 0 N–H and O–H groups in total. The first-order valence-corrected chi connectivity index (χ1v) is 4.03. The first-order chi connectivity index (χ1) is 4.88. The highest BCUT2D eigenvalue weighted by atomic mass is 15.0. The Hall–Kier alpha value is -0.720. The van der Waals surface area contributed by atoms with Crippen molar-refractivity contribution in [2.24, 2.45) is 11.8 Å². The van der Waals surface area contributed by atoms with Crippen LogP contribution in [0.5, 0.6) is 0 Å². The van der Waals surface area contributed by atoms with Gasteiger partial charge in [0.15, 0.2) is 0 Å². The topological polar surface area (TPSA) is 4.93 Å². The summed E-state index contributed by atoms with van der Waals surface area (Å²) in [5.41, 5.74) is 1.58. The van der Waals surface area contributed by atoms with Crippen LogP contribution in [-0.4, -0.2) is 4.57 Å². The first-order valence-electron chi connectivity index (χ1n) is 4.03. The average molecular weight is 133 g/mol. The molecule has 0 aromatic carbocycles. The Labute approximate surface area is 60.7 Å². The number of hydrogen-bond acceptors (Lipinski definition) is 0. The van der Waals surface area contributed by atoms with Gasteiger partial charge in [0, 0.05) is 24.4 Å². The summed E-state index contributed by atoms with van der Waals surface area (Å²) in [5.74, 6) is 2.90. The van der Waals surface area contributed by atoms with Crippen molar-refractivity contribution in [3.63, 3.8) is 0 Å². The van der Waals surface area contributed by atoms with Gasteiger partial charge in [-0.25, -0.2) is 0 Å². The zero-order valence-corrected chi connectivity index (χ0v) is 6.12. The summed E-state index contributed by atoms with van der Waals surface area (Å²) in [6, 6.07) is 4.44. The van der Waals surface area contributed by atoms with Crippen molar-refractivity contribution in [2.45, 2.75) is 19.4 Å². The summed E-state index contributed by atoms with van der Waals surface area (Å²) in [5, 5.41) is 0. The van der Waals surface area contributed by atoms with Crippen LogP contribution in [0.2, 0.25) is 0 Å². The van der Waals surface area contributed by atoms with Crippen LogP contribution in [0.25, 0.3) is 0 Å². The van der Waals surface area contributed by atoms with Gasteiger partial charge in [0.25, 0.3) is 0 Å². The van der Waals surface area contributed by atoms with E-state index in [1.807, 2.05) is 0 Å². The quantitative estimate of drug-likeness (QED) is 0.509. The monoisotopic (exact) mass is 133 g/mol. The number of hydrogen-bond donors (Lipinski definition) is 0. The maximum Gasteiger partial charge on any atom is 0.0259 e. The van der Waals surface area contributed by atoms with E-state index in [1.165, 1.54) is 6.54 Å². The van der Waals surface area contributed by atoms with Crippen molar-refractivity contribution < 1.29 is 0 Å². The molecule has 2 unspecified atom stereocenters. The molecule has 1 saturated carbocycles. The van der Waals surface area contributed by atoms with Crippen LogP contribution < -0.4 is 0 Å². The lowest BCUT2D eigenvalue weighted by atomic mass is 10.2. The van der Waals surface area contributed by atoms with Crippen LogP contribution in [0.15, 0.2) is 18.3 Å². The zero-order chi connectivity index (χ0) is 6.72. The van der Waals surface area contributed by atoms with E-state index in [4.69, 9.17) is 0 Å². The summed E-state index contributed by atoms with van der Waals surface area (Å²) in [7, 11) is 0. The second-order valence-electron chi connectivity index (χ2n) is 3.63. The molecule has 3 atom stereocenters. The lowest BCUT2D eigenvalue weighted by Gasteiger charge is -2.01. The third-order valence-electron chi connectivity index (χ3n) is 3.18. The summed E-state index contributed by atoms with van der Waals surface area (Å²) in [4.78, 5) is 0. The Morgan fingerprint density at radius 1 is 1.60 bits per heavy atom. The van der Waals surface area contributed by atoms with Crippen LogP contribution in [-0.2, 0) is 6.54 Å². The molecule has 10 heavy (non-hydrogen) atoms. The molecule has 1 aliphatic carbocycles. The number of aromatic nitrogens is 1. The Bertz CT molecular complexity index is 274. The summed E-state index contributed by atoms with van der Waals surface area (Å²) < 4.78 is 2.40. The number of rotatable bonds is 0. The highest BCUT2D eigenvalue weighted by Crippen LogP contribution is 2.58. The molecule has 1 fully saturated rings. The van der Waals surface area contributed by atoms with Gasteiger partial charge in [-0.2, -0.15) is 0 Å². The lowest BCUT2D eigenvalue weighted by Crippen LogP contribution is -1.97. The van der Waals surface area contributed by atoms with Crippen molar-refractivity contribution in [3.8, 4) is 0 Å². The molecule has 52 valence electrons. The van der Waals surface area contributed by atoms with Crippen molar-refractivity contribution in [3.05, 3.63) is 24.0 Å². The maximum atomic E-state index is 2.40. The van der Waals surface area contributed by atoms with E-state index in [-0.39, 0.29) is 0 Å². The molecule has 1 aliphatic heterocycles. The fourth-order valence-electron chi connectivity index (χ4n) is 2.44. The van der Waals surface area contributed by atoms with E-state index < -0.39 is 0 Å². The standard InChI is InChI=1S/C9H11N/c1-6-7-5-10-4-2-3-8(10)9(6)7/h2-4,6-7,9H,5H2,1H3/t6-,7?,9?/m1/s1. The van der Waals surface area contributed by atoms with Crippen LogP contribution in [0.1, 0.15) is 18.5 Å². The van der Waals surface area contributed by atoms with Crippen molar-refractivity contribution in [1.29, 1.82) is 0 Å². The van der Waals surface area contributed by atoms with Crippen molar-refractivity contribution in [1.82, 2.24) is 4.57 Å². The smallest absolute Gasteiger partial charge is 0.0259 e. The summed E-state index contributed by atoms with van der Waals surface area (Å²) >= 11 is 0. The van der Waals surface area contributed by atoms with Gasteiger partial charge in [0.1, 0.15) is 0 Å². The molecule has 0 bridgehead atoms. The third-order valence-corrected chi connectivity index (χ3v) is 3.18. The molecule has 0 saturated heterocycles. The molecular weight excluding hydrogens is 122 g/mol. The number of nitrogens with zero attached hydrogens (tertiary/aromatic N) is 1. The van der Waals surface area contributed by atoms with E-state index in [2.05, 4.69) is 29.8 Å². The minimum absolute atomic E-state index is 0.926. The van der Waals surface area contributed by atoms with Crippen LogP contribution in [0.3, 0.4) is 0 Å². The Kier molecular flexibility index (Phi) is 0.657. The zero-order valence-electron chi connectivity index (χ0n) is 6.12. The van der Waals surface area contributed by atoms with Gasteiger partial charge in [-0.3, -0.25) is 0 Å². The largest absolute Gasteiger partial charge is 0.351 e. The van der Waals surface area contributed by atoms with E-state index in [1.54, 1.807) is 5.69 Å². The summed E-state index contributed by atoms with van der Waals surface area (Å²) in [6.07, 6.45) is 2.20. The highest BCUT2D eigenvalue weighted by molar-refractivity contribution is 5.27. The van der Waals surface area contributed by atoms with Gasteiger partial charge in [0.2, 0.25) is 0 Å². The molecule has 0 spiro atoms. The highest BCUT2D eigenvalue weighted by Gasteiger charge is 2.52. The molecule has 0 radical (unpaired) electrons. The molecule has 0 amide bonds. The SMILES string of the molecule is C[C@@H]1C2Cn3cccc3C21. The van der Waals surface area contributed by atoms with Gasteiger partial charge in [0.05, 0.1) is 0 Å². The van der Waals surface area contributed by atoms with Crippen molar-refractivity contribution >= 4 is 0 Å². The second kappa shape index (κ2) is 1.31. The third kappa shape index (κ3) is 0.386. The van der Waals surface area contributed by atoms with Gasteiger partial charge in [-0.15, -0.1) is 0 Å². The molecule has 3 rings (SSSR count). The van der Waals surface area contributed by atoms with Gasteiger partial charge in [-0.1, -0.05) is 6.92 Å². The Morgan fingerprint density at radius 3 is 3.40 bits per heavy atom. The molecule has 1 nitrogen and oxygen atoms in total. The maximum absolute atomic E-state index is 2.40. The van der Waals surface area contributed by atoms with Crippen LogP contribution in [0, 0.1) is 11.8 Å². The minimum Gasteiger partial charge on any atom is -0.351 e.